The quantitative estimate of drug-likeness (QED) is 0.497. The first-order valence-electron chi connectivity index (χ1n) is 11.2. The van der Waals surface area contributed by atoms with E-state index in [1.165, 1.54) is 23.0 Å². The second-order valence-electron chi connectivity index (χ2n) is 8.89. The fourth-order valence-corrected chi connectivity index (χ4v) is 4.55. The summed E-state index contributed by atoms with van der Waals surface area (Å²) >= 11 is 0. The summed E-state index contributed by atoms with van der Waals surface area (Å²) in [5.41, 5.74) is 1.62. The molecule has 3 heterocycles. The molecule has 1 N–H and O–H groups in total. The van der Waals surface area contributed by atoms with Crippen molar-refractivity contribution in [3.63, 3.8) is 0 Å². The number of aromatic nitrogens is 3. The lowest BCUT2D eigenvalue weighted by atomic mass is 9.91. The van der Waals surface area contributed by atoms with E-state index in [-0.39, 0.29) is 17.9 Å². The Morgan fingerprint density at radius 1 is 1.12 bits per heavy atom. The van der Waals surface area contributed by atoms with E-state index in [0.29, 0.717) is 49.1 Å². The van der Waals surface area contributed by atoms with Gasteiger partial charge in [-0.15, -0.1) is 0 Å². The van der Waals surface area contributed by atoms with Crippen LogP contribution in [0.5, 0.6) is 0 Å². The van der Waals surface area contributed by atoms with Crippen LogP contribution in [0.2, 0.25) is 0 Å². The fraction of sp³-hybridized carbons (Fsp3) is 0.269. The van der Waals surface area contributed by atoms with Gasteiger partial charge in [-0.25, -0.2) is 9.37 Å². The van der Waals surface area contributed by atoms with Gasteiger partial charge >= 0.3 is 0 Å². The molecule has 8 heteroatoms. The summed E-state index contributed by atoms with van der Waals surface area (Å²) in [6.45, 7) is 2.24. The Morgan fingerprint density at radius 3 is 2.62 bits per heavy atom. The monoisotopic (exact) mass is 457 g/mol. The molecule has 7 nitrogen and oxygen atoms in total. The number of aliphatic hydroxyl groups is 1. The molecule has 0 atom stereocenters. The van der Waals surface area contributed by atoms with Gasteiger partial charge in [-0.3, -0.25) is 14.3 Å². The van der Waals surface area contributed by atoms with Crippen LogP contribution in [-0.2, 0) is 13.1 Å². The smallest absolute Gasteiger partial charge is 0.262 e. The second kappa shape index (κ2) is 8.86. The third kappa shape index (κ3) is 4.36. The Kier molecular flexibility index (Phi) is 5.74. The first kappa shape index (κ1) is 22.0. The first-order valence-corrected chi connectivity index (χ1v) is 11.2. The van der Waals surface area contributed by atoms with E-state index >= 15 is 0 Å². The van der Waals surface area contributed by atoms with Gasteiger partial charge in [0.05, 0.1) is 29.2 Å². The molecule has 1 fully saturated rings. The highest BCUT2D eigenvalue weighted by molar-refractivity contribution is 5.77. The van der Waals surface area contributed by atoms with Crippen molar-refractivity contribution < 1.29 is 9.50 Å². The Balaban J connectivity index is 1.31. The molecule has 4 aromatic rings. The van der Waals surface area contributed by atoms with E-state index in [1.807, 2.05) is 6.07 Å². The number of likely N-dealkylation sites (tertiary alicyclic amines) is 1. The zero-order valence-electron chi connectivity index (χ0n) is 18.6. The summed E-state index contributed by atoms with van der Waals surface area (Å²) in [5, 5.41) is 20.8. The Morgan fingerprint density at radius 2 is 1.88 bits per heavy atom. The molecule has 0 unspecified atom stereocenters. The number of hydrogen-bond acceptors (Lipinski definition) is 5. The van der Waals surface area contributed by atoms with Gasteiger partial charge in [-0.2, -0.15) is 5.26 Å². The average molecular weight is 458 g/mol. The number of benzene rings is 2. The minimum atomic E-state index is -0.998. The van der Waals surface area contributed by atoms with Crippen molar-refractivity contribution >= 4 is 11.0 Å². The lowest BCUT2D eigenvalue weighted by molar-refractivity contribution is -0.0364. The number of piperidine rings is 1. The van der Waals surface area contributed by atoms with Crippen LogP contribution in [0.1, 0.15) is 24.0 Å². The Hall–Kier alpha value is -3.80. The Labute approximate surface area is 195 Å². The molecule has 2 aromatic heterocycles. The Bertz CT molecular complexity index is 1430. The van der Waals surface area contributed by atoms with Crippen molar-refractivity contribution in [1.29, 1.82) is 5.26 Å². The number of fused-ring (bicyclic) bond motifs is 1. The molecule has 0 amide bonds. The third-order valence-electron chi connectivity index (χ3n) is 6.49. The maximum Gasteiger partial charge on any atom is 0.262 e. The molecule has 1 aliphatic rings. The molecular formula is C26H24FN5O2. The zero-order valence-corrected chi connectivity index (χ0v) is 18.6. The third-order valence-corrected chi connectivity index (χ3v) is 6.49. The predicted octanol–water partition coefficient (Wildman–Crippen LogP) is 3.23. The van der Waals surface area contributed by atoms with Crippen LogP contribution >= 0.6 is 0 Å². The van der Waals surface area contributed by atoms with Crippen LogP contribution in [0.3, 0.4) is 0 Å². The summed E-state index contributed by atoms with van der Waals surface area (Å²) < 4.78 is 16.4. The van der Waals surface area contributed by atoms with E-state index in [1.54, 1.807) is 47.2 Å². The van der Waals surface area contributed by atoms with Gasteiger partial charge in [-0.05, 0) is 54.8 Å². The van der Waals surface area contributed by atoms with Crippen molar-refractivity contribution in [3.8, 4) is 11.8 Å². The van der Waals surface area contributed by atoms with Crippen LogP contribution in [0.15, 0.2) is 71.9 Å². The summed E-state index contributed by atoms with van der Waals surface area (Å²) in [7, 11) is 0. The highest BCUT2D eigenvalue weighted by atomic mass is 19.1. The lowest BCUT2D eigenvalue weighted by Gasteiger charge is -2.38. The van der Waals surface area contributed by atoms with Crippen LogP contribution in [0.4, 0.5) is 4.39 Å². The fourth-order valence-electron chi connectivity index (χ4n) is 4.55. The van der Waals surface area contributed by atoms with Gasteiger partial charge in [0.15, 0.2) is 5.65 Å². The minimum Gasteiger partial charge on any atom is -0.388 e. The molecule has 5 rings (SSSR count). The maximum atomic E-state index is 13.2. The number of halogens is 1. The van der Waals surface area contributed by atoms with Gasteiger partial charge in [0.1, 0.15) is 12.1 Å². The summed E-state index contributed by atoms with van der Waals surface area (Å²) in [5.74, 6) is -0.251. The molecule has 0 saturated carbocycles. The predicted molar refractivity (Wildman–Crippen MR) is 126 cm³/mol. The van der Waals surface area contributed by atoms with E-state index in [2.05, 4.69) is 16.0 Å². The number of rotatable bonds is 5. The van der Waals surface area contributed by atoms with E-state index in [9.17, 15) is 14.3 Å². The number of nitriles is 1. The summed E-state index contributed by atoms with van der Waals surface area (Å²) in [4.78, 5) is 19.9. The standard InChI is InChI=1S/C26H24FN5O2/c27-21-6-4-19(5-7-21)16-30-12-9-26(34,10-13-30)17-31-18-29-24-23(25(31)33)8-11-32(24)22-3-1-2-20(14-22)15-28/h1-8,11,14,18,34H,9-10,12-13,16-17H2. The van der Waals surface area contributed by atoms with Gasteiger partial charge in [0.2, 0.25) is 0 Å². The molecule has 0 radical (unpaired) electrons. The SMILES string of the molecule is N#Cc1cccc(-n2ccc3c(=O)n(CC4(O)CCN(Cc5ccc(F)cc5)CC4)cnc32)c1. The zero-order chi connectivity index (χ0) is 23.7. The van der Waals surface area contributed by atoms with E-state index < -0.39 is 5.60 Å². The van der Waals surface area contributed by atoms with Crippen LogP contribution in [0.25, 0.3) is 16.7 Å². The van der Waals surface area contributed by atoms with Crippen molar-refractivity contribution in [1.82, 2.24) is 19.0 Å². The molecule has 0 spiro atoms. The van der Waals surface area contributed by atoms with Crippen LogP contribution in [-0.4, -0.2) is 42.8 Å². The molecule has 0 bridgehead atoms. The van der Waals surface area contributed by atoms with Gasteiger partial charge in [-0.1, -0.05) is 18.2 Å². The maximum absolute atomic E-state index is 13.2. The van der Waals surface area contributed by atoms with Crippen molar-refractivity contribution in [3.05, 3.63) is 94.4 Å². The average Bonchev–Trinajstić information content (AvgIpc) is 3.29. The van der Waals surface area contributed by atoms with Crippen molar-refractivity contribution in [2.45, 2.75) is 31.5 Å². The number of hydrogen-bond donors (Lipinski definition) is 1. The molecule has 1 saturated heterocycles. The van der Waals surface area contributed by atoms with E-state index in [4.69, 9.17) is 5.26 Å². The number of nitrogens with zero attached hydrogens (tertiary/aromatic N) is 5. The van der Waals surface area contributed by atoms with Gasteiger partial charge < -0.3 is 9.67 Å². The van der Waals surface area contributed by atoms with Crippen LogP contribution < -0.4 is 5.56 Å². The lowest BCUT2D eigenvalue weighted by Crippen LogP contribution is -2.47. The topological polar surface area (TPSA) is 87.1 Å². The highest BCUT2D eigenvalue weighted by Crippen LogP contribution is 2.25. The van der Waals surface area contributed by atoms with Gasteiger partial charge in [0, 0.05) is 31.5 Å². The highest BCUT2D eigenvalue weighted by Gasteiger charge is 2.33. The molecule has 34 heavy (non-hydrogen) atoms. The van der Waals surface area contributed by atoms with Crippen LogP contribution in [0, 0.1) is 17.1 Å². The molecule has 1 aliphatic heterocycles. The molecular weight excluding hydrogens is 433 g/mol. The molecule has 0 aliphatic carbocycles. The van der Waals surface area contributed by atoms with Crippen molar-refractivity contribution in [2.24, 2.45) is 0 Å². The van der Waals surface area contributed by atoms with Crippen molar-refractivity contribution in [2.75, 3.05) is 13.1 Å². The van der Waals surface area contributed by atoms with E-state index in [0.717, 1.165) is 11.3 Å². The minimum absolute atomic E-state index is 0.175. The largest absolute Gasteiger partial charge is 0.388 e. The summed E-state index contributed by atoms with van der Waals surface area (Å²) in [6, 6.07) is 17.4. The van der Waals surface area contributed by atoms with Gasteiger partial charge in [0.25, 0.3) is 5.56 Å². The molecule has 2 aromatic carbocycles. The first-order chi connectivity index (χ1) is 16.4. The summed E-state index contributed by atoms with van der Waals surface area (Å²) in [6.07, 6.45) is 4.31. The normalized spacial score (nSPS) is 15.9. The molecule has 172 valence electrons. The second-order valence-corrected chi connectivity index (χ2v) is 8.89.